The minimum atomic E-state index is -0.493. The van der Waals surface area contributed by atoms with E-state index in [-0.39, 0.29) is 5.82 Å². The van der Waals surface area contributed by atoms with Crippen LogP contribution in [0.4, 0.5) is 15.8 Å². The summed E-state index contributed by atoms with van der Waals surface area (Å²) >= 11 is 6.61. The molecule has 0 amide bonds. The summed E-state index contributed by atoms with van der Waals surface area (Å²) in [5, 5.41) is 0.649. The van der Waals surface area contributed by atoms with Crippen molar-refractivity contribution in [3.63, 3.8) is 0 Å². The number of esters is 1. The lowest BCUT2D eigenvalue weighted by Crippen LogP contribution is -2.17. The Bertz CT molecular complexity index is 1320. The molecule has 1 aliphatic rings. The normalized spacial score (nSPS) is 13.3. The number of hydrogen-bond donors (Lipinski definition) is 0. The number of anilines is 2. The van der Waals surface area contributed by atoms with Gasteiger partial charge in [0, 0.05) is 55.6 Å². The summed E-state index contributed by atoms with van der Waals surface area (Å²) in [6.45, 7) is 3.57. The van der Waals surface area contributed by atoms with E-state index in [0.29, 0.717) is 28.7 Å². The van der Waals surface area contributed by atoms with Gasteiger partial charge in [-0.15, -0.1) is 0 Å². The van der Waals surface area contributed by atoms with Crippen molar-refractivity contribution in [3.8, 4) is 11.1 Å². The molecule has 0 atom stereocenters. The third-order valence-corrected chi connectivity index (χ3v) is 7.73. The molecule has 0 N–H and O–H groups in total. The van der Waals surface area contributed by atoms with Crippen LogP contribution in [0.15, 0.2) is 66.7 Å². The number of methoxy groups -OCH3 is 1. The van der Waals surface area contributed by atoms with Gasteiger partial charge >= 0.3 is 5.97 Å². The van der Waals surface area contributed by atoms with Crippen molar-refractivity contribution in [2.45, 2.75) is 45.6 Å². The van der Waals surface area contributed by atoms with Gasteiger partial charge in [-0.05, 0) is 84.5 Å². The second-order valence-corrected chi connectivity index (χ2v) is 10.8. The minimum Gasteiger partial charge on any atom is -0.466 e. The number of benzene rings is 3. The van der Waals surface area contributed by atoms with Crippen molar-refractivity contribution in [2.24, 2.45) is 5.92 Å². The van der Waals surface area contributed by atoms with Gasteiger partial charge in [-0.25, -0.2) is 9.18 Å². The third-order valence-electron chi connectivity index (χ3n) is 7.38. The molecule has 3 aromatic carbocycles. The second-order valence-electron chi connectivity index (χ2n) is 10.4. The smallest absolute Gasteiger partial charge is 0.330 e. The summed E-state index contributed by atoms with van der Waals surface area (Å²) < 4.78 is 18.7. The Kier molecular flexibility index (Phi) is 12.4. The molecule has 7 heteroatoms. The first kappa shape index (κ1) is 31.9. The standard InChI is InChI=1S/C27H28ClFN2O2.C7H12O/c1-5-30(2)24-11-9-20(10-12-24)21-7-8-22(26(28)16-21)18-31(3)25-15-19(14-23(29)17-25)6-13-27(32)33-4;8-6-7-4-2-1-3-5-7/h6-17H,5,18H2,1-4H3;6-7H,1-5H2/b13-6+;. The van der Waals surface area contributed by atoms with Crippen LogP contribution in [0.2, 0.25) is 5.02 Å². The van der Waals surface area contributed by atoms with E-state index in [1.165, 1.54) is 56.3 Å². The Balaban J connectivity index is 0.000000496. The highest BCUT2D eigenvalue weighted by molar-refractivity contribution is 6.31. The summed E-state index contributed by atoms with van der Waals surface area (Å²) in [6, 6.07) is 19.0. The van der Waals surface area contributed by atoms with Crippen LogP contribution in [0.3, 0.4) is 0 Å². The Morgan fingerprint density at radius 3 is 2.22 bits per heavy atom. The quantitative estimate of drug-likeness (QED) is 0.145. The Morgan fingerprint density at radius 1 is 0.951 bits per heavy atom. The van der Waals surface area contributed by atoms with Crippen LogP contribution in [-0.4, -0.2) is 40.0 Å². The summed E-state index contributed by atoms with van der Waals surface area (Å²) in [7, 11) is 5.23. The Hall–Kier alpha value is -3.64. The summed E-state index contributed by atoms with van der Waals surface area (Å²) in [4.78, 5) is 25.6. The van der Waals surface area contributed by atoms with E-state index in [1.54, 1.807) is 6.07 Å². The fourth-order valence-electron chi connectivity index (χ4n) is 4.71. The second kappa shape index (κ2) is 16.0. The van der Waals surface area contributed by atoms with Crippen LogP contribution >= 0.6 is 11.6 Å². The predicted molar refractivity (Wildman–Crippen MR) is 168 cm³/mol. The monoisotopic (exact) mass is 578 g/mol. The molecule has 1 aliphatic carbocycles. The Labute approximate surface area is 248 Å². The van der Waals surface area contributed by atoms with Gasteiger partial charge < -0.3 is 19.3 Å². The molecule has 1 fully saturated rings. The number of hydrogen-bond acceptors (Lipinski definition) is 5. The SMILES string of the molecule is CCN(C)c1ccc(-c2ccc(CN(C)c3cc(F)cc(/C=C/C(=O)OC)c3)c(Cl)c2)cc1.O=CC1CCCCC1. The average Bonchev–Trinajstić information content (AvgIpc) is 3.00. The van der Waals surface area contributed by atoms with Crippen molar-refractivity contribution in [1.29, 1.82) is 0 Å². The topological polar surface area (TPSA) is 49.9 Å². The number of ether oxygens (including phenoxy) is 1. The third kappa shape index (κ3) is 9.75. The van der Waals surface area contributed by atoms with E-state index in [4.69, 9.17) is 11.6 Å². The van der Waals surface area contributed by atoms with Crippen LogP contribution in [0.1, 0.15) is 50.2 Å². The fourth-order valence-corrected chi connectivity index (χ4v) is 4.95. The maximum Gasteiger partial charge on any atom is 0.330 e. The van der Waals surface area contributed by atoms with E-state index in [9.17, 15) is 14.0 Å². The molecule has 0 radical (unpaired) electrons. The number of carbonyl (C=O) groups excluding carboxylic acids is 2. The molecule has 218 valence electrons. The van der Waals surface area contributed by atoms with Crippen molar-refractivity contribution in [3.05, 3.63) is 88.7 Å². The predicted octanol–water partition coefficient (Wildman–Crippen LogP) is 8.19. The van der Waals surface area contributed by atoms with Crippen molar-refractivity contribution in [2.75, 3.05) is 37.5 Å². The fraction of sp³-hybridized carbons (Fsp3) is 0.353. The van der Waals surface area contributed by atoms with Gasteiger partial charge in [-0.2, -0.15) is 0 Å². The number of halogens is 2. The van der Waals surface area contributed by atoms with E-state index in [0.717, 1.165) is 42.4 Å². The van der Waals surface area contributed by atoms with E-state index >= 15 is 0 Å². The number of aldehydes is 1. The van der Waals surface area contributed by atoms with Crippen LogP contribution < -0.4 is 9.80 Å². The van der Waals surface area contributed by atoms with Crippen LogP contribution in [0, 0.1) is 11.7 Å². The molecule has 0 unspecified atom stereocenters. The molecule has 0 heterocycles. The molecular weight excluding hydrogens is 539 g/mol. The molecular formula is C34H40ClFN2O3. The first-order chi connectivity index (χ1) is 19.7. The van der Waals surface area contributed by atoms with Gasteiger partial charge in [0.2, 0.25) is 0 Å². The van der Waals surface area contributed by atoms with Crippen LogP contribution in [0.25, 0.3) is 17.2 Å². The minimum absolute atomic E-state index is 0.387. The summed E-state index contributed by atoms with van der Waals surface area (Å²) in [5.74, 6) is -0.473. The van der Waals surface area contributed by atoms with Gasteiger partial charge in [0.25, 0.3) is 0 Å². The molecule has 3 aromatic rings. The molecule has 1 saturated carbocycles. The first-order valence-electron chi connectivity index (χ1n) is 14.1. The molecule has 41 heavy (non-hydrogen) atoms. The summed E-state index contributed by atoms with van der Waals surface area (Å²) in [6.07, 6.45) is 10.1. The average molecular weight is 579 g/mol. The zero-order valence-electron chi connectivity index (χ0n) is 24.4. The number of carbonyl (C=O) groups is 2. The van der Waals surface area contributed by atoms with E-state index < -0.39 is 5.97 Å². The zero-order chi connectivity index (χ0) is 29.8. The maximum absolute atomic E-state index is 14.1. The lowest BCUT2D eigenvalue weighted by Gasteiger charge is -2.21. The molecule has 0 aliphatic heterocycles. The lowest BCUT2D eigenvalue weighted by molar-refractivity contribution is -0.134. The highest BCUT2D eigenvalue weighted by atomic mass is 35.5. The first-order valence-corrected chi connectivity index (χ1v) is 14.4. The van der Waals surface area contributed by atoms with E-state index in [2.05, 4.69) is 47.9 Å². The molecule has 0 saturated heterocycles. The lowest BCUT2D eigenvalue weighted by atomic mass is 9.91. The van der Waals surface area contributed by atoms with Crippen LogP contribution in [-0.2, 0) is 20.9 Å². The van der Waals surface area contributed by atoms with Crippen molar-refractivity contribution in [1.82, 2.24) is 0 Å². The maximum atomic E-state index is 14.1. The molecule has 5 nitrogen and oxygen atoms in total. The molecule has 0 spiro atoms. The summed E-state index contributed by atoms with van der Waals surface area (Å²) in [5.41, 5.74) is 5.48. The number of nitrogens with zero attached hydrogens (tertiary/aromatic N) is 2. The zero-order valence-corrected chi connectivity index (χ0v) is 25.2. The molecule has 0 bridgehead atoms. The highest BCUT2D eigenvalue weighted by Crippen LogP contribution is 2.29. The van der Waals surface area contributed by atoms with E-state index in [1.807, 2.05) is 30.1 Å². The van der Waals surface area contributed by atoms with Gasteiger partial charge in [-0.1, -0.05) is 55.1 Å². The molecule has 0 aromatic heterocycles. The largest absolute Gasteiger partial charge is 0.466 e. The van der Waals surface area contributed by atoms with Crippen molar-refractivity contribution >= 4 is 41.3 Å². The van der Waals surface area contributed by atoms with Gasteiger partial charge in [0.15, 0.2) is 0 Å². The van der Waals surface area contributed by atoms with Crippen molar-refractivity contribution < 1.29 is 18.7 Å². The van der Waals surface area contributed by atoms with Gasteiger partial charge in [0.1, 0.15) is 12.1 Å². The van der Waals surface area contributed by atoms with Gasteiger partial charge in [-0.3, -0.25) is 0 Å². The molecule has 4 rings (SSSR count). The van der Waals surface area contributed by atoms with Crippen LogP contribution in [0.5, 0.6) is 0 Å². The Morgan fingerprint density at radius 2 is 1.63 bits per heavy atom. The highest BCUT2D eigenvalue weighted by Gasteiger charge is 2.11. The van der Waals surface area contributed by atoms with Gasteiger partial charge in [0.05, 0.1) is 7.11 Å². The number of rotatable bonds is 9.